The number of alkyl halides is 2. The van der Waals surface area contributed by atoms with Crippen LogP contribution in [0, 0.1) is 11.3 Å². The molecule has 1 saturated heterocycles. The molecule has 0 radical (unpaired) electrons. The van der Waals surface area contributed by atoms with Crippen molar-refractivity contribution >= 4 is 17.4 Å². The second kappa shape index (κ2) is 10.0. The second-order valence-corrected chi connectivity index (χ2v) is 8.19. The van der Waals surface area contributed by atoms with Crippen LogP contribution in [0.3, 0.4) is 0 Å². The van der Waals surface area contributed by atoms with E-state index in [2.05, 4.69) is 27.5 Å². The van der Waals surface area contributed by atoms with Gasteiger partial charge in [-0.05, 0) is 18.6 Å². The van der Waals surface area contributed by atoms with Crippen molar-refractivity contribution in [2.75, 3.05) is 43.1 Å². The summed E-state index contributed by atoms with van der Waals surface area (Å²) in [5, 5.41) is 9.28. The van der Waals surface area contributed by atoms with Crippen molar-refractivity contribution in [3.8, 4) is 12.1 Å². The summed E-state index contributed by atoms with van der Waals surface area (Å²) in [5.41, 5.74) is 2.15. The lowest BCUT2D eigenvalue weighted by Crippen LogP contribution is -2.55. The van der Waals surface area contributed by atoms with Crippen molar-refractivity contribution in [2.45, 2.75) is 31.9 Å². The summed E-state index contributed by atoms with van der Waals surface area (Å²) >= 11 is 0. The largest absolute Gasteiger partial charge is 0.467 e. The standard InChI is InChI=1S/C24H26F2N6O2/c1-3-21(33)32-13-12-31(14-16(32)8-10-27)23-17-9-11-30(15-19(17)28-24(29-23)34-2)20-7-5-4-6-18(20)22(25)26/h3-7,16,22H,1,8-9,11-15H2,2H3. The Bertz CT molecular complexity index is 1120. The van der Waals surface area contributed by atoms with Gasteiger partial charge in [-0.1, -0.05) is 24.8 Å². The van der Waals surface area contributed by atoms with Crippen molar-refractivity contribution in [3.63, 3.8) is 0 Å². The van der Waals surface area contributed by atoms with Crippen LogP contribution in [0.1, 0.15) is 29.7 Å². The SMILES string of the molecule is C=CC(=O)N1CCN(c2nc(OC)nc3c2CCN(c2ccccc2C(F)F)C3)CC1CC#N. The summed E-state index contributed by atoms with van der Waals surface area (Å²) in [7, 11) is 1.48. The Morgan fingerprint density at radius 3 is 2.79 bits per heavy atom. The highest BCUT2D eigenvalue weighted by Crippen LogP contribution is 2.35. The molecule has 10 heteroatoms. The maximum Gasteiger partial charge on any atom is 0.318 e. The van der Waals surface area contributed by atoms with Crippen LogP contribution < -0.4 is 14.5 Å². The van der Waals surface area contributed by atoms with Gasteiger partial charge < -0.3 is 19.4 Å². The van der Waals surface area contributed by atoms with Gasteiger partial charge >= 0.3 is 6.01 Å². The van der Waals surface area contributed by atoms with E-state index in [0.717, 1.165) is 11.3 Å². The molecule has 34 heavy (non-hydrogen) atoms. The van der Waals surface area contributed by atoms with Gasteiger partial charge in [-0.2, -0.15) is 15.2 Å². The minimum atomic E-state index is -2.57. The fourth-order valence-corrected chi connectivity index (χ4v) is 4.64. The first-order chi connectivity index (χ1) is 16.5. The minimum absolute atomic E-state index is 0.00505. The summed E-state index contributed by atoms with van der Waals surface area (Å²) < 4.78 is 32.5. The van der Waals surface area contributed by atoms with Crippen LogP contribution in [0.2, 0.25) is 0 Å². The predicted octanol–water partition coefficient (Wildman–Crippen LogP) is 3.10. The number of carbonyl (C=O) groups is 1. The lowest BCUT2D eigenvalue weighted by Gasteiger charge is -2.42. The van der Waals surface area contributed by atoms with Crippen LogP contribution in [0.15, 0.2) is 36.9 Å². The van der Waals surface area contributed by atoms with Gasteiger partial charge in [0.2, 0.25) is 5.91 Å². The molecule has 2 aromatic rings. The first-order valence-corrected chi connectivity index (χ1v) is 11.1. The number of methoxy groups -OCH3 is 1. The monoisotopic (exact) mass is 468 g/mol. The fraction of sp³-hybridized carbons (Fsp3) is 0.417. The molecule has 1 amide bonds. The van der Waals surface area contributed by atoms with Gasteiger partial charge in [-0.15, -0.1) is 0 Å². The van der Waals surface area contributed by atoms with Gasteiger partial charge in [-0.25, -0.2) is 8.78 Å². The molecule has 1 fully saturated rings. The summed E-state index contributed by atoms with van der Waals surface area (Å²) in [4.78, 5) is 27.0. The molecule has 2 aliphatic heterocycles. The Hall–Kier alpha value is -3.74. The number of hydrogen-bond acceptors (Lipinski definition) is 7. The van der Waals surface area contributed by atoms with Crippen molar-refractivity contribution in [2.24, 2.45) is 0 Å². The van der Waals surface area contributed by atoms with E-state index in [9.17, 15) is 18.8 Å². The number of nitriles is 1. The fourth-order valence-electron chi connectivity index (χ4n) is 4.64. The van der Waals surface area contributed by atoms with Crippen LogP contribution in [0.25, 0.3) is 0 Å². The van der Waals surface area contributed by atoms with Crippen LogP contribution >= 0.6 is 0 Å². The van der Waals surface area contributed by atoms with E-state index in [1.165, 1.54) is 19.3 Å². The van der Waals surface area contributed by atoms with Crippen molar-refractivity contribution in [1.29, 1.82) is 5.26 Å². The number of para-hydroxylation sites is 1. The van der Waals surface area contributed by atoms with Crippen molar-refractivity contribution in [3.05, 3.63) is 53.7 Å². The minimum Gasteiger partial charge on any atom is -0.467 e. The average Bonchev–Trinajstić information content (AvgIpc) is 2.87. The second-order valence-electron chi connectivity index (χ2n) is 8.19. The Morgan fingerprint density at radius 1 is 1.29 bits per heavy atom. The van der Waals surface area contributed by atoms with E-state index in [0.29, 0.717) is 50.6 Å². The molecule has 1 aromatic carbocycles. The molecule has 0 spiro atoms. The highest BCUT2D eigenvalue weighted by molar-refractivity contribution is 5.87. The zero-order valence-electron chi connectivity index (χ0n) is 19.0. The molecular weight excluding hydrogens is 442 g/mol. The summed E-state index contributed by atoms with van der Waals surface area (Å²) in [6, 6.07) is 8.57. The Balaban J connectivity index is 1.65. The van der Waals surface area contributed by atoms with Gasteiger partial charge in [0.05, 0.1) is 37.9 Å². The maximum atomic E-state index is 13.6. The molecule has 1 unspecified atom stereocenters. The van der Waals surface area contributed by atoms with Gasteiger partial charge in [-0.3, -0.25) is 4.79 Å². The Kier molecular flexibility index (Phi) is 6.91. The third-order valence-corrected chi connectivity index (χ3v) is 6.28. The molecule has 0 bridgehead atoms. The first-order valence-electron chi connectivity index (χ1n) is 11.1. The van der Waals surface area contributed by atoms with E-state index in [1.54, 1.807) is 23.1 Å². The topological polar surface area (TPSA) is 85.6 Å². The highest BCUT2D eigenvalue weighted by Gasteiger charge is 2.33. The third kappa shape index (κ3) is 4.51. The van der Waals surface area contributed by atoms with Crippen LogP contribution in [-0.4, -0.2) is 60.1 Å². The molecule has 0 N–H and O–H groups in total. The molecular formula is C24H26F2N6O2. The number of amides is 1. The number of benzene rings is 1. The molecule has 178 valence electrons. The van der Waals surface area contributed by atoms with E-state index in [-0.39, 0.29) is 29.9 Å². The van der Waals surface area contributed by atoms with Gasteiger partial charge in [0, 0.05) is 43.0 Å². The van der Waals surface area contributed by atoms with Crippen molar-refractivity contribution in [1.82, 2.24) is 14.9 Å². The predicted molar refractivity (Wildman–Crippen MR) is 123 cm³/mol. The summed E-state index contributed by atoms with van der Waals surface area (Å²) in [5.74, 6) is 0.507. The Labute approximate surface area is 197 Å². The normalized spacial score (nSPS) is 17.9. The number of nitrogens with zero attached hydrogens (tertiary/aromatic N) is 6. The molecule has 2 aliphatic rings. The Morgan fingerprint density at radius 2 is 2.09 bits per heavy atom. The number of hydrogen-bond donors (Lipinski definition) is 0. The quantitative estimate of drug-likeness (QED) is 0.602. The highest BCUT2D eigenvalue weighted by atomic mass is 19.3. The number of halogens is 2. The van der Waals surface area contributed by atoms with E-state index in [4.69, 9.17) is 4.74 Å². The molecule has 0 saturated carbocycles. The van der Waals surface area contributed by atoms with E-state index >= 15 is 0 Å². The molecule has 0 aliphatic carbocycles. The molecule has 8 nitrogen and oxygen atoms in total. The van der Waals surface area contributed by atoms with Gasteiger partial charge in [0.25, 0.3) is 6.43 Å². The number of aromatic nitrogens is 2. The number of carbonyl (C=O) groups excluding carboxylic acids is 1. The van der Waals surface area contributed by atoms with Crippen LogP contribution in [0.5, 0.6) is 6.01 Å². The summed E-state index contributed by atoms with van der Waals surface area (Å²) in [6.45, 7) is 5.86. The zero-order chi connectivity index (χ0) is 24.2. The van der Waals surface area contributed by atoms with E-state index in [1.807, 2.05) is 4.90 Å². The lowest BCUT2D eigenvalue weighted by atomic mass is 10.0. The first kappa shape index (κ1) is 23.4. The average molecular weight is 469 g/mol. The van der Waals surface area contributed by atoms with E-state index < -0.39 is 6.43 Å². The number of ether oxygens (including phenoxy) is 1. The summed E-state index contributed by atoms with van der Waals surface area (Å²) in [6.07, 6.45) is -0.541. The number of fused-ring (bicyclic) bond motifs is 1. The third-order valence-electron chi connectivity index (χ3n) is 6.28. The maximum absolute atomic E-state index is 13.6. The zero-order valence-corrected chi connectivity index (χ0v) is 19.0. The number of rotatable bonds is 6. The van der Waals surface area contributed by atoms with Crippen molar-refractivity contribution < 1.29 is 18.3 Å². The number of piperazine rings is 1. The van der Waals surface area contributed by atoms with Crippen LogP contribution in [-0.2, 0) is 17.8 Å². The van der Waals surface area contributed by atoms with Gasteiger partial charge in [0.15, 0.2) is 0 Å². The van der Waals surface area contributed by atoms with Crippen LogP contribution in [0.4, 0.5) is 20.3 Å². The number of anilines is 2. The smallest absolute Gasteiger partial charge is 0.318 e. The molecule has 4 rings (SSSR count). The molecule has 1 aromatic heterocycles. The lowest BCUT2D eigenvalue weighted by molar-refractivity contribution is -0.128. The molecule has 3 heterocycles. The van der Waals surface area contributed by atoms with Gasteiger partial charge in [0.1, 0.15) is 5.82 Å². The molecule has 1 atom stereocenters.